The number of guanidine groups is 1. The number of aromatic nitrogens is 1. The van der Waals surface area contributed by atoms with Crippen molar-refractivity contribution in [1.82, 2.24) is 15.6 Å². The summed E-state index contributed by atoms with van der Waals surface area (Å²) in [7, 11) is 3.39. The fraction of sp³-hybridized carbons (Fsp3) is 0.238. The number of halogens is 1. The minimum atomic E-state index is 0.602. The molecule has 0 saturated carbocycles. The third-order valence-electron chi connectivity index (χ3n) is 4.35. The maximum absolute atomic E-state index is 6.29. The van der Waals surface area contributed by atoms with Crippen LogP contribution in [0.25, 0.3) is 10.8 Å². The van der Waals surface area contributed by atoms with E-state index in [0.717, 1.165) is 34.8 Å². The molecule has 0 fully saturated rings. The van der Waals surface area contributed by atoms with E-state index in [4.69, 9.17) is 16.3 Å². The van der Waals surface area contributed by atoms with Gasteiger partial charge in [-0.2, -0.15) is 0 Å². The molecule has 6 heteroatoms. The molecule has 0 amide bonds. The number of rotatable bonds is 6. The Bertz CT molecular complexity index is 937. The summed E-state index contributed by atoms with van der Waals surface area (Å²) >= 11 is 6.29. The molecule has 0 aliphatic heterocycles. The lowest BCUT2D eigenvalue weighted by Gasteiger charge is -2.13. The number of pyridine rings is 1. The zero-order valence-electron chi connectivity index (χ0n) is 15.5. The van der Waals surface area contributed by atoms with Gasteiger partial charge in [-0.05, 0) is 35.6 Å². The summed E-state index contributed by atoms with van der Waals surface area (Å²) in [6.45, 7) is 1.32. The number of nitrogens with zero attached hydrogens (tertiary/aromatic N) is 2. The Labute approximate surface area is 164 Å². The molecule has 0 spiro atoms. The lowest BCUT2D eigenvalue weighted by Crippen LogP contribution is -2.38. The molecule has 0 saturated heterocycles. The first-order valence-corrected chi connectivity index (χ1v) is 9.18. The van der Waals surface area contributed by atoms with Crippen LogP contribution in [0, 0.1) is 0 Å². The topological polar surface area (TPSA) is 58.5 Å². The number of fused-ring (bicyclic) bond motifs is 1. The maximum atomic E-state index is 6.29. The molecule has 0 aliphatic rings. The first-order valence-electron chi connectivity index (χ1n) is 8.81. The van der Waals surface area contributed by atoms with Crippen molar-refractivity contribution in [1.29, 1.82) is 0 Å². The highest BCUT2D eigenvalue weighted by molar-refractivity contribution is 6.31. The second kappa shape index (κ2) is 9.24. The summed E-state index contributed by atoms with van der Waals surface area (Å²) < 4.78 is 5.18. The predicted octanol–water partition coefficient (Wildman–Crippen LogP) is 3.80. The Hall–Kier alpha value is -2.79. The highest BCUT2D eigenvalue weighted by Crippen LogP contribution is 2.22. The second-order valence-corrected chi connectivity index (χ2v) is 6.45. The number of hydrogen-bond donors (Lipinski definition) is 2. The van der Waals surface area contributed by atoms with Crippen LogP contribution in [0.4, 0.5) is 0 Å². The van der Waals surface area contributed by atoms with E-state index in [-0.39, 0.29) is 0 Å². The average molecular weight is 383 g/mol. The van der Waals surface area contributed by atoms with Crippen LogP contribution in [0.5, 0.6) is 5.75 Å². The summed E-state index contributed by atoms with van der Waals surface area (Å²) in [4.78, 5) is 8.77. The molecule has 1 heterocycles. The summed E-state index contributed by atoms with van der Waals surface area (Å²) in [5, 5.41) is 9.67. The minimum absolute atomic E-state index is 0.602. The van der Waals surface area contributed by atoms with Gasteiger partial charge < -0.3 is 15.4 Å². The number of ether oxygens (including phenoxy) is 1. The lowest BCUT2D eigenvalue weighted by atomic mass is 10.1. The summed E-state index contributed by atoms with van der Waals surface area (Å²) in [6.07, 6.45) is 2.62. The van der Waals surface area contributed by atoms with E-state index in [9.17, 15) is 0 Å². The first-order chi connectivity index (χ1) is 13.2. The van der Waals surface area contributed by atoms with Crippen LogP contribution in [0.15, 0.2) is 59.7 Å². The number of aliphatic imine (C=N–C) groups is 1. The molecule has 0 bridgehead atoms. The van der Waals surface area contributed by atoms with Gasteiger partial charge in [-0.1, -0.05) is 41.9 Å². The molecular formula is C21H23ClN4O. The summed E-state index contributed by atoms with van der Waals surface area (Å²) in [5.41, 5.74) is 2.06. The molecule has 27 heavy (non-hydrogen) atoms. The monoisotopic (exact) mass is 382 g/mol. The van der Waals surface area contributed by atoms with Gasteiger partial charge in [0.1, 0.15) is 5.75 Å². The number of hydrogen-bond acceptors (Lipinski definition) is 3. The van der Waals surface area contributed by atoms with E-state index in [2.05, 4.69) is 32.7 Å². The van der Waals surface area contributed by atoms with Gasteiger partial charge >= 0.3 is 0 Å². The first kappa shape index (κ1) is 19.0. The van der Waals surface area contributed by atoms with E-state index in [1.165, 1.54) is 5.39 Å². The molecule has 2 N–H and O–H groups in total. The van der Waals surface area contributed by atoms with Crippen LogP contribution >= 0.6 is 11.6 Å². The summed E-state index contributed by atoms with van der Waals surface area (Å²) in [6, 6.07) is 16.0. The Morgan fingerprint density at radius 1 is 1.15 bits per heavy atom. The van der Waals surface area contributed by atoms with Gasteiger partial charge in [0.05, 0.1) is 19.3 Å². The van der Waals surface area contributed by atoms with Crippen LogP contribution in [0.1, 0.15) is 11.3 Å². The third-order valence-corrected chi connectivity index (χ3v) is 4.70. The van der Waals surface area contributed by atoms with E-state index in [1.54, 1.807) is 14.2 Å². The second-order valence-electron chi connectivity index (χ2n) is 6.04. The van der Waals surface area contributed by atoms with Gasteiger partial charge in [0.2, 0.25) is 0 Å². The Kier molecular flexibility index (Phi) is 6.49. The summed E-state index contributed by atoms with van der Waals surface area (Å²) in [5.74, 6) is 1.49. The predicted molar refractivity (Wildman–Crippen MR) is 112 cm³/mol. The van der Waals surface area contributed by atoms with E-state index in [0.29, 0.717) is 18.1 Å². The Morgan fingerprint density at radius 2 is 2.00 bits per heavy atom. The highest BCUT2D eigenvalue weighted by atomic mass is 35.5. The van der Waals surface area contributed by atoms with Crippen LogP contribution < -0.4 is 15.4 Å². The normalized spacial score (nSPS) is 11.4. The van der Waals surface area contributed by atoms with Gasteiger partial charge in [-0.3, -0.25) is 9.98 Å². The highest BCUT2D eigenvalue weighted by Gasteiger charge is 2.05. The molecule has 0 atom stereocenters. The molecule has 3 rings (SSSR count). The van der Waals surface area contributed by atoms with Gasteiger partial charge in [-0.25, -0.2) is 0 Å². The number of methoxy groups -OCH3 is 1. The molecule has 0 radical (unpaired) electrons. The smallest absolute Gasteiger partial charge is 0.191 e. The molecule has 0 aliphatic carbocycles. The van der Waals surface area contributed by atoms with Crippen molar-refractivity contribution in [3.63, 3.8) is 0 Å². The van der Waals surface area contributed by atoms with E-state index >= 15 is 0 Å². The largest absolute Gasteiger partial charge is 0.497 e. The van der Waals surface area contributed by atoms with Crippen molar-refractivity contribution < 1.29 is 4.74 Å². The van der Waals surface area contributed by atoms with E-state index < -0.39 is 0 Å². The molecule has 2 aromatic carbocycles. The average Bonchev–Trinajstić information content (AvgIpc) is 2.71. The molecule has 0 unspecified atom stereocenters. The molecule has 1 aromatic heterocycles. The quantitative estimate of drug-likeness (QED) is 0.503. The van der Waals surface area contributed by atoms with Crippen molar-refractivity contribution in [3.8, 4) is 5.75 Å². The van der Waals surface area contributed by atoms with Gasteiger partial charge in [-0.15, -0.1) is 0 Å². The molecule has 140 valence electrons. The SMILES string of the molecule is CN=C(NCCc1ccc(OC)cc1Cl)NCc1nccc2ccccc12. The number of benzene rings is 2. The fourth-order valence-electron chi connectivity index (χ4n) is 2.88. The number of nitrogens with one attached hydrogen (secondary N) is 2. The van der Waals surface area contributed by atoms with E-state index in [1.807, 2.05) is 42.6 Å². The zero-order valence-corrected chi connectivity index (χ0v) is 16.3. The third kappa shape index (κ3) is 4.89. The van der Waals surface area contributed by atoms with Crippen molar-refractivity contribution in [2.24, 2.45) is 4.99 Å². The molecule has 5 nitrogen and oxygen atoms in total. The standard InChI is InChI=1S/C21H23ClN4O/c1-23-21(25-12-10-16-7-8-17(27-2)13-19(16)22)26-14-20-18-6-4-3-5-15(18)9-11-24-20/h3-9,11,13H,10,12,14H2,1-2H3,(H2,23,25,26). The van der Waals surface area contributed by atoms with Crippen LogP contribution in [-0.2, 0) is 13.0 Å². The van der Waals surface area contributed by atoms with Crippen LogP contribution in [-0.4, -0.2) is 31.6 Å². The zero-order chi connectivity index (χ0) is 19.1. The van der Waals surface area contributed by atoms with Gasteiger partial charge in [0.25, 0.3) is 0 Å². The van der Waals surface area contributed by atoms with Crippen LogP contribution in [0.3, 0.4) is 0 Å². The van der Waals surface area contributed by atoms with Crippen molar-refractivity contribution in [2.75, 3.05) is 20.7 Å². The lowest BCUT2D eigenvalue weighted by molar-refractivity contribution is 0.414. The van der Waals surface area contributed by atoms with Crippen molar-refractivity contribution in [2.45, 2.75) is 13.0 Å². The Balaban J connectivity index is 1.55. The fourth-order valence-corrected chi connectivity index (χ4v) is 3.15. The molecular weight excluding hydrogens is 360 g/mol. The molecule has 3 aromatic rings. The van der Waals surface area contributed by atoms with Crippen molar-refractivity contribution >= 4 is 28.3 Å². The van der Waals surface area contributed by atoms with Crippen molar-refractivity contribution in [3.05, 3.63) is 71.0 Å². The maximum Gasteiger partial charge on any atom is 0.191 e. The van der Waals surface area contributed by atoms with Crippen LogP contribution in [0.2, 0.25) is 5.02 Å². The minimum Gasteiger partial charge on any atom is -0.497 e. The Morgan fingerprint density at radius 3 is 2.78 bits per heavy atom. The van der Waals surface area contributed by atoms with Gasteiger partial charge in [0.15, 0.2) is 5.96 Å². The van der Waals surface area contributed by atoms with Gasteiger partial charge in [0, 0.05) is 30.2 Å².